The summed E-state index contributed by atoms with van der Waals surface area (Å²) in [5.41, 5.74) is 6.18. The lowest BCUT2D eigenvalue weighted by Crippen LogP contribution is -2.10. The molecule has 5 nitrogen and oxygen atoms in total. The van der Waals surface area contributed by atoms with Crippen molar-refractivity contribution in [2.45, 2.75) is 12.8 Å². The summed E-state index contributed by atoms with van der Waals surface area (Å²) in [5.74, 6) is 0.131. The molecule has 15 heavy (non-hydrogen) atoms. The molecule has 0 amide bonds. The molecule has 1 saturated carbocycles. The molecular formula is C10H13N3O2. The molecule has 1 aliphatic rings. The Morgan fingerprint density at radius 2 is 2.33 bits per heavy atom. The van der Waals surface area contributed by atoms with Crippen LogP contribution in [0.5, 0.6) is 0 Å². The maximum atomic E-state index is 10.7. The van der Waals surface area contributed by atoms with Gasteiger partial charge in [0.15, 0.2) is 5.69 Å². The molecule has 5 heteroatoms. The first-order valence-corrected chi connectivity index (χ1v) is 4.90. The fraction of sp³-hybridized carbons (Fsp3) is 0.400. The summed E-state index contributed by atoms with van der Waals surface area (Å²) in [6.07, 6.45) is 2.46. The maximum absolute atomic E-state index is 10.7. The van der Waals surface area contributed by atoms with Crippen LogP contribution in [0.3, 0.4) is 0 Å². The quantitative estimate of drug-likeness (QED) is 0.690. The lowest BCUT2D eigenvalue weighted by molar-refractivity contribution is 0.0690. The van der Waals surface area contributed by atoms with Crippen molar-refractivity contribution in [2.75, 3.05) is 17.6 Å². The minimum Gasteiger partial charge on any atom is -0.477 e. The Hall–Kier alpha value is -1.78. The Morgan fingerprint density at radius 1 is 1.60 bits per heavy atom. The molecule has 1 fully saturated rings. The van der Waals surface area contributed by atoms with Crippen molar-refractivity contribution in [2.24, 2.45) is 5.92 Å². The zero-order valence-electron chi connectivity index (χ0n) is 8.23. The van der Waals surface area contributed by atoms with E-state index in [0.29, 0.717) is 17.4 Å². The van der Waals surface area contributed by atoms with E-state index in [1.165, 1.54) is 18.9 Å². The van der Waals surface area contributed by atoms with Gasteiger partial charge in [-0.2, -0.15) is 0 Å². The molecule has 1 heterocycles. The number of anilines is 2. The van der Waals surface area contributed by atoms with Crippen molar-refractivity contribution < 1.29 is 9.90 Å². The highest BCUT2D eigenvalue weighted by atomic mass is 16.4. The Balaban J connectivity index is 2.12. The molecule has 80 valence electrons. The molecule has 0 spiro atoms. The Morgan fingerprint density at radius 3 is 2.93 bits per heavy atom. The minimum atomic E-state index is -1.04. The van der Waals surface area contributed by atoms with Gasteiger partial charge in [0, 0.05) is 6.54 Å². The molecule has 2 rings (SSSR count). The van der Waals surface area contributed by atoms with E-state index >= 15 is 0 Å². The molecule has 0 atom stereocenters. The minimum absolute atomic E-state index is 0.0162. The van der Waals surface area contributed by atoms with Gasteiger partial charge >= 0.3 is 5.97 Å². The van der Waals surface area contributed by atoms with Crippen LogP contribution in [0.1, 0.15) is 23.3 Å². The van der Waals surface area contributed by atoms with Gasteiger partial charge in [-0.25, -0.2) is 9.78 Å². The molecule has 1 aromatic rings. The van der Waals surface area contributed by atoms with E-state index < -0.39 is 5.97 Å². The number of carboxylic acid groups (broad SMARTS) is 1. The molecule has 0 saturated heterocycles. The van der Waals surface area contributed by atoms with Gasteiger partial charge in [0.25, 0.3) is 0 Å². The van der Waals surface area contributed by atoms with Crippen molar-refractivity contribution in [1.82, 2.24) is 4.98 Å². The fourth-order valence-electron chi connectivity index (χ4n) is 1.29. The van der Waals surface area contributed by atoms with E-state index in [1.807, 2.05) is 0 Å². The van der Waals surface area contributed by atoms with Gasteiger partial charge in [-0.1, -0.05) is 0 Å². The van der Waals surface area contributed by atoms with Crippen LogP contribution in [-0.4, -0.2) is 22.6 Å². The van der Waals surface area contributed by atoms with Gasteiger partial charge in [-0.05, 0) is 30.9 Å². The van der Waals surface area contributed by atoms with Crippen LogP contribution in [0.4, 0.5) is 11.5 Å². The molecule has 0 bridgehead atoms. The average molecular weight is 207 g/mol. The van der Waals surface area contributed by atoms with Crippen molar-refractivity contribution in [3.8, 4) is 0 Å². The van der Waals surface area contributed by atoms with Crippen molar-refractivity contribution in [1.29, 1.82) is 0 Å². The van der Waals surface area contributed by atoms with Crippen LogP contribution in [0, 0.1) is 5.92 Å². The molecule has 4 N–H and O–H groups in total. The van der Waals surface area contributed by atoms with Crippen LogP contribution >= 0.6 is 0 Å². The van der Waals surface area contributed by atoms with E-state index in [2.05, 4.69) is 10.3 Å². The van der Waals surface area contributed by atoms with E-state index in [-0.39, 0.29) is 5.69 Å². The number of hydrogen-bond acceptors (Lipinski definition) is 4. The van der Waals surface area contributed by atoms with E-state index in [4.69, 9.17) is 10.8 Å². The van der Waals surface area contributed by atoms with Crippen molar-refractivity contribution in [3.05, 3.63) is 17.8 Å². The fourth-order valence-corrected chi connectivity index (χ4v) is 1.29. The Kier molecular flexibility index (Phi) is 2.45. The predicted octanol–water partition coefficient (Wildman–Crippen LogP) is 1.18. The highest BCUT2D eigenvalue weighted by Gasteiger charge is 2.21. The first kappa shape index (κ1) is 9.76. The smallest absolute Gasteiger partial charge is 0.354 e. The van der Waals surface area contributed by atoms with E-state index in [9.17, 15) is 4.79 Å². The third-order valence-corrected chi connectivity index (χ3v) is 2.40. The number of carbonyl (C=O) groups is 1. The molecule has 0 aliphatic heterocycles. The standard InChI is InChI=1S/C10H13N3O2/c11-7-3-4-8(10(14)15)13-9(7)12-5-6-1-2-6/h3-4,6H,1-2,5,11H2,(H,12,13)(H,14,15). The van der Waals surface area contributed by atoms with Crippen LogP contribution in [-0.2, 0) is 0 Å². The second-order valence-electron chi connectivity index (χ2n) is 3.76. The lowest BCUT2D eigenvalue weighted by atomic mass is 10.3. The number of rotatable bonds is 4. The monoisotopic (exact) mass is 207 g/mol. The SMILES string of the molecule is Nc1ccc(C(=O)O)nc1NCC1CC1. The number of aromatic nitrogens is 1. The lowest BCUT2D eigenvalue weighted by Gasteiger charge is -2.07. The molecule has 1 aliphatic carbocycles. The Bertz CT molecular complexity index is 388. The summed E-state index contributed by atoms with van der Waals surface area (Å²) in [6, 6.07) is 2.96. The second-order valence-corrected chi connectivity index (χ2v) is 3.76. The number of aromatic carboxylic acids is 1. The van der Waals surface area contributed by atoms with Crippen LogP contribution in [0.25, 0.3) is 0 Å². The zero-order valence-corrected chi connectivity index (χ0v) is 8.23. The van der Waals surface area contributed by atoms with Gasteiger partial charge in [-0.15, -0.1) is 0 Å². The molecule has 0 unspecified atom stereocenters. The number of carboxylic acids is 1. The second kappa shape index (κ2) is 3.76. The predicted molar refractivity (Wildman–Crippen MR) is 56.8 cm³/mol. The highest BCUT2D eigenvalue weighted by molar-refractivity contribution is 5.86. The summed E-state index contributed by atoms with van der Waals surface area (Å²) in [5, 5.41) is 11.8. The summed E-state index contributed by atoms with van der Waals surface area (Å²) in [6.45, 7) is 0.820. The number of nitrogens with one attached hydrogen (secondary N) is 1. The van der Waals surface area contributed by atoms with Gasteiger partial charge in [-0.3, -0.25) is 0 Å². The first-order valence-electron chi connectivity index (χ1n) is 4.90. The Labute approximate surface area is 87.3 Å². The average Bonchev–Trinajstić information content (AvgIpc) is 3.00. The number of pyridine rings is 1. The van der Waals surface area contributed by atoms with Crippen molar-refractivity contribution >= 4 is 17.5 Å². The van der Waals surface area contributed by atoms with Gasteiger partial charge in [0.2, 0.25) is 0 Å². The number of hydrogen-bond donors (Lipinski definition) is 3. The summed E-state index contributed by atoms with van der Waals surface area (Å²) < 4.78 is 0. The van der Waals surface area contributed by atoms with Gasteiger partial charge in [0.1, 0.15) is 5.82 Å². The van der Waals surface area contributed by atoms with Gasteiger partial charge in [0.05, 0.1) is 5.69 Å². The first-order chi connectivity index (χ1) is 7.16. The molecule has 1 aromatic heterocycles. The normalized spacial score (nSPS) is 14.9. The molecule has 0 radical (unpaired) electrons. The number of nitrogens with two attached hydrogens (primary N) is 1. The third kappa shape index (κ3) is 2.37. The largest absolute Gasteiger partial charge is 0.477 e. The maximum Gasteiger partial charge on any atom is 0.354 e. The molecular weight excluding hydrogens is 194 g/mol. The van der Waals surface area contributed by atoms with Gasteiger partial charge < -0.3 is 16.2 Å². The third-order valence-electron chi connectivity index (χ3n) is 2.40. The number of nitrogens with zero attached hydrogens (tertiary/aromatic N) is 1. The highest BCUT2D eigenvalue weighted by Crippen LogP contribution is 2.29. The summed E-state index contributed by atoms with van der Waals surface area (Å²) >= 11 is 0. The van der Waals surface area contributed by atoms with E-state index in [1.54, 1.807) is 6.07 Å². The van der Waals surface area contributed by atoms with Crippen molar-refractivity contribution in [3.63, 3.8) is 0 Å². The molecule has 0 aromatic carbocycles. The van der Waals surface area contributed by atoms with Crippen LogP contribution < -0.4 is 11.1 Å². The van der Waals surface area contributed by atoms with Crippen LogP contribution in [0.2, 0.25) is 0 Å². The summed E-state index contributed by atoms with van der Waals surface area (Å²) in [4.78, 5) is 14.6. The summed E-state index contributed by atoms with van der Waals surface area (Å²) in [7, 11) is 0. The topological polar surface area (TPSA) is 88.2 Å². The van der Waals surface area contributed by atoms with Crippen LogP contribution in [0.15, 0.2) is 12.1 Å². The van der Waals surface area contributed by atoms with E-state index in [0.717, 1.165) is 6.54 Å². The zero-order chi connectivity index (χ0) is 10.8. The number of nitrogen functional groups attached to an aromatic ring is 1.